The van der Waals surface area contributed by atoms with Gasteiger partial charge in [-0.2, -0.15) is 5.10 Å². The van der Waals surface area contributed by atoms with E-state index in [9.17, 15) is 19.8 Å². The lowest BCUT2D eigenvalue weighted by molar-refractivity contribution is -0.136. The van der Waals surface area contributed by atoms with Crippen LogP contribution in [0.3, 0.4) is 0 Å². The number of rotatable bonds is 11. The number of carboxylic acid groups (broad SMARTS) is 1. The predicted molar refractivity (Wildman–Crippen MR) is 155 cm³/mol. The summed E-state index contributed by atoms with van der Waals surface area (Å²) >= 11 is 3.50. The van der Waals surface area contributed by atoms with Gasteiger partial charge in [-0.25, -0.2) is 10.2 Å². The van der Waals surface area contributed by atoms with Crippen LogP contribution < -0.4 is 14.9 Å². The average Bonchev–Trinajstić information content (AvgIpc) is 2.97. The molecule has 0 unspecified atom stereocenters. The number of nitrogens with zero attached hydrogens (tertiary/aromatic N) is 1. The van der Waals surface area contributed by atoms with Crippen molar-refractivity contribution in [3.8, 4) is 11.5 Å². The second-order valence-corrected chi connectivity index (χ2v) is 9.55. The summed E-state index contributed by atoms with van der Waals surface area (Å²) in [6.07, 6.45) is 1.43. The molecule has 9 heteroatoms. The first-order valence-corrected chi connectivity index (χ1v) is 13.2. The van der Waals surface area contributed by atoms with Gasteiger partial charge >= 0.3 is 5.97 Å². The van der Waals surface area contributed by atoms with Crippen LogP contribution in [0.4, 0.5) is 0 Å². The molecule has 4 rings (SSSR count). The minimum Gasteiger partial charge on any atom is -0.490 e. The lowest BCUT2D eigenvalue weighted by atomic mass is 9.85. The topological polar surface area (TPSA) is 117 Å². The van der Waals surface area contributed by atoms with E-state index in [2.05, 4.69) is 26.5 Å². The Morgan fingerprint density at radius 1 is 0.925 bits per heavy atom. The molecule has 3 N–H and O–H groups in total. The number of benzene rings is 4. The third kappa shape index (κ3) is 6.56. The lowest BCUT2D eigenvalue weighted by Gasteiger charge is -2.27. The van der Waals surface area contributed by atoms with E-state index in [1.807, 2.05) is 6.92 Å². The third-order valence-electron chi connectivity index (χ3n) is 5.98. The van der Waals surface area contributed by atoms with Crippen LogP contribution in [0.15, 0.2) is 107 Å². The van der Waals surface area contributed by atoms with Crippen LogP contribution in [-0.2, 0) is 17.0 Å². The molecule has 4 aromatic rings. The van der Waals surface area contributed by atoms with Crippen molar-refractivity contribution in [3.05, 3.63) is 129 Å². The quantitative estimate of drug-likeness (QED) is 0.154. The monoisotopic (exact) mass is 602 g/mol. The zero-order valence-corrected chi connectivity index (χ0v) is 23.2. The number of carbonyl (C=O) groups excluding carboxylic acids is 1. The van der Waals surface area contributed by atoms with Crippen LogP contribution in [0.5, 0.6) is 11.5 Å². The van der Waals surface area contributed by atoms with E-state index in [0.717, 1.165) is 0 Å². The lowest BCUT2D eigenvalue weighted by Crippen LogP contribution is -2.43. The van der Waals surface area contributed by atoms with Gasteiger partial charge in [0.1, 0.15) is 6.61 Å². The highest BCUT2D eigenvalue weighted by molar-refractivity contribution is 9.10. The van der Waals surface area contributed by atoms with Crippen LogP contribution in [0.2, 0.25) is 0 Å². The summed E-state index contributed by atoms with van der Waals surface area (Å²) in [6.45, 7) is 2.33. The maximum absolute atomic E-state index is 13.3. The third-order valence-corrected chi connectivity index (χ3v) is 6.57. The van der Waals surface area contributed by atoms with Crippen LogP contribution in [0, 0.1) is 0 Å². The van der Waals surface area contributed by atoms with Gasteiger partial charge in [0, 0.05) is 0 Å². The fraction of sp³-hybridized carbons (Fsp3) is 0.129. The zero-order chi connectivity index (χ0) is 28.5. The van der Waals surface area contributed by atoms with E-state index in [4.69, 9.17) is 9.47 Å². The molecule has 0 aliphatic rings. The number of amides is 1. The van der Waals surface area contributed by atoms with Gasteiger partial charge in [0.2, 0.25) is 0 Å². The molecule has 0 saturated heterocycles. The molecular formula is C31H27BrN2O6. The van der Waals surface area contributed by atoms with Crippen molar-refractivity contribution in [1.29, 1.82) is 0 Å². The van der Waals surface area contributed by atoms with Gasteiger partial charge in [-0.3, -0.25) is 4.79 Å². The van der Waals surface area contributed by atoms with Crippen molar-refractivity contribution in [1.82, 2.24) is 5.43 Å². The molecule has 204 valence electrons. The number of halogens is 1. The summed E-state index contributed by atoms with van der Waals surface area (Å²) in [4.78, 5) is 24.5. The molecule has 0 spiro atoms. The summed E-state index contributed by atoms with van der Waals surface area (Å²) in [5.41, 5.74) is 2.78. The predicted octanol–water partition coefficient (Wildman–Crippen LogP) is 5.51. The van der Waals surface area contributed by atoms with E-state index < -0.39 is 17.5 Å². The van der Waals surface area contributed by atoms with Crippen molar-refractivity contribution in [2.75, 3.05) is 6.61 Å². The van der Waals surface area contributed by atoms with Crippen molar-refractivity contribution in [2.24, 2.45) is 5.10 Å². The number of hydrogen-bond acceptors (Lipinski definition) is 6. The van der Waals surface area contributed by atoms with Gasteiger partial charge in [0.15, 0.2) is 17.1 Å². The number of carboxylic acids is 1. The molecular weight excluding hydrogens is 576 g/mol. The minimum atomic E-state index is -1.95. The molecule has 4 aromatic carbocycles. The molecule has 0 fully saturated rings. The number of carbonyl (C=O) groups is 2. The smallest absolute Gasteiger partial charge is 0.335 e. The van der Waals surface area contributed by atoms with E-state index >= 15 is 0 Å². The first kappa shape index (κ1) is 28.5. The zero-order valence-electron chi connectivity index (χ0n) is 21.6. The maximum Gasteiger partial charge on any atom is 0.335 e. The summed E-state index contributed by atoms with van der Waals surface area (Å²) < 4.78 is 12.3. The second-order valence-electron chi connectivity index (χ2n) is 8.70. The molecule has 0 aliphatic heterocycles. The van der Waals surface area contributed by atoms with E-state index in [-0.39, 0.29) is 12.2 Å². The Balaban J connectivity index is 1.54. The fourth-order valence-electron chi connectivity index (χ4n) is 4.05. The van der Waals surface area contributed by atoms with Crippen molar-refractivity contribution >= 4 is 34.0 Å². The highest BCUT2D eigenvalue weighted by Crippen LogP contribution is 2.37. The molecule has 0 radical (unpaired) electrons. The number of hydrazone groups is 1. The molecule has 0 aromatic heterocycles. The highest BCUT2D eigenvalue weighted by Gasteiger charge is 2.39. The Labute approximate surface area is 240 Å². The van der Waals surface area contributed by atoms with E-state index in [1.54, 1.807) is 91.0 Å². The summed E-state index contributed by atoms with van der Waals surface area (Å²) in [5, 5.41) is 24.9. The molecule has 1 amide bonds. The van der Waals surface area contributed by atoms with Gasteiger partial charge in [-0.15, -0.1) is 0 Å². The Morgan fingerprint density at radius 2 is 1.57 bits per heavy atom. The molecule has 0 bridgehead atoms. The number of nitrogens with one attached hydrogen (secondary N) is 1. The molecule has 0 heterocycles. The normalized spacial score (nSPS) is 11.3. The number of hydrogen-bond donors (Lipinski definition) is 3. The van der Waals surface area contributed by atoms with Gasteiger partial charge in [0.25, 0.3) is 5.91 Å². The summed E-state index contributed by atoms with van der Waals surface area (Å²) in [6, 6.07) is 27.3. The summed E-state index contributed by atoms with van der Waals surface area (Å²) in [5.74, 6) is -0.857. The molecule has 0 aliphatic carbocycles. The fourth-order valence-corrected chi connectivity index (χ4v) is 4.62. The Kier molecular flexibility index (Phi) is 9.31. The van der Waals surface area contributed by atoms with Crippen LogP contribution >= 0.6 is 15.9 Å². The Morgan fingerprint density at radius 3 is 2.17 bits per heavy atom. The van der Waals surface area contributed by atoms with Crippen LogP contribution in [-0.4, -0.2) is 34.9 Å². The Hall–Kier alpha value is -4.47. The minimum absolute atomic E-state index is 0.126. The molecule has 40 heavy (non-hydrogen) atoms. The first-order chi connectivity index (χ1) is 19.3. The van der Waals surface area contributed by atoms with Gasteiger partial charge in [0.05, 0.1) is 22.9 Å². The largest absolute Gasteiger partial charge is 0.490 e. The van der Waals surface area contributed by atoms with E-state index in [0.29, 0.717) is 44.8 Å². The average molecular weight is 603 g/mol. The van der Waals surface area contributed by atoms with Gasteiger partial charge in [-0.05, 0) is 69.4 Å². The summed E-state index contributed by atoms with van der Waals surface area (Å²) in [7, 11) is 0. The molecule has 0 atom stereocenters. The van der Waals surface area contributed by atoms with E-state index in [1.165, 1.54) is 12.3 Å². The maximum atomic E-state index is 13.3. The number of aliphatic hydroxyl groups is 1. The highest BCUT2D eigenvalue weighted by atomic mass is 79.9. The molecule has 8 nitrogen and oxygen atoms in total. The van der Waals surface area contributed by atoms with Gasteiger partial charge < -0.3 is 19.7 Å². The molecule has 0 saturated carbocycles. The number of ether oxygens (including phenoxy) is 2. The van der Waals surface area contributed by atoms with Crippen LogP contribution in [0.1, 0.15) is 39.5 Å². The Bertz CT molecular complexity index is 1470. The van der Waals surface area contributed by atoms with Crippen molar-refractivity contribution in [2.45, 2.75) is 19.1 Å². The van der Waals surface area contributed by atoms with Crippen molar-refractivity contribution < 1.29 is 29.3 Å². The second kappa shape index (κ2) is 13.1. The SMILES string of the molecule is CCOc1cc(/C=N\NC(=O)C(O)(c2ccccc2)c2ccccc2)cc(Br)c1OCc1cccc(C(=O)O)c1. The number of aromatic carboxylic acids is 1. The first-order valence-electron chi connectivity index (χ1n) is 12.4. The standard InChI is InChI=1S/C31H27BrN2O6/c1-2-39-27-18-22(17-26(32)28(27)40-20-21-10-9-11-23(16-21)29(35)36)19-33-34-30(37)31(38,24-12-5-3-6-13-24)25-14-7-4-8-15-25/h3-19,38H,2,20H2,1H3,(H,34,37)(H,35,36)/b33-19-. The van der Waals surface area contributed by atoms with Crippen LogP contribution in [0.25, 0.3) is 0 Å². The van der Waals surface area contributed by atoms with Crippen molar-refractivity contribution in [3.63, 3.8) is 0 Å². The van der Waals surface area contributed by atoms with Gasteiger partial charge in [-0.1, -0.05) is 72.8 Å².